The average Bonchev–Trinajstić information content (AvgIpc) is 2.71. The van der Waals surface area contributed by atoms with Crippen molar-refractivity contribution in [1.29, 1.82) is 5.41 Å². The minimum Gasteiger partial charge on any atom is -0.482 e. The summed E-state index contributed by atoms with van der Waals surface area (Å²) in [7, 11) is 1.30. The van der Waals surface area contributed by atoms with E-state index in [-0.39, 0.29) is 24.8 Å². The molecule has 0 spiro atoms. The van der Waals surface area contributed by atoms with E-state index in [1.54, 1.807) is 36.4 Å². The minimum atomic E-state index is -0.833. The summed E-state index contributed by atoms with van der Waals surface area (Å²) in [4.78, 5) is 32.0. The van der Waals surface area contributed by atoms with Crippen molar-refractivity contribution in [2.75, 3.05) is 13.7 Å². The molecule has 0 saturated carbocycles. The predicted octanol–water partition coefficient (Wildman–Crippen LogP) is 1.47. The number of carbonyl (C=O) groups is 3. The maximum atomic E-state index is 12.0. The molecule has 0 unspecified atom stereocenters. The zero-order chi connectivity index (χ0) is 22.5. The Balaban J connectivity index is 0.00000103. The Morgan fingerprint density at radius 2 is 1.57 bits per heavy atom. The van der Waals surface area contributed by atoms with Gasteiger partial charge < -0.3 is 25.6 Å². The van der Waals surface area contributed by atoms with Gasteiger partial charge in [-0.25, -0.2) is 4.79 Å². The predicted molar refractivity (Wildman–Crippen MR) is 110 cm³/mol. The summed E-state index contributed by atoms with van der Waals surface area (Å²) in [6.07, 6.45) is 0.249. The highest BCUT2D eigenvalue weighted by atomic mass is 16.6. The molecule has 5 N–H and O–H groups in total. The lowest BCUT2D eigenvalue weighted by atomic mass is 10.1. The van der Waals surface area contributed by atoms with Crippen molar-refractivity contribution >= 4 is 23.7 Å². The van der Waals surface area contributed by atoms with Gasteiger partial charge in [0, 0.05) is 19.0 Å². The van der Waals surface area contributed by atoms with E-state index in [1.165, 1.54) is 7.11 Å². The van der Waals surface area contributed by atoms with Gasteiger partial charge in [-0.05, 0) is 23.3 Å². The molecule has 30 heavy (non-hydrogen) atoms. The number of amides is 1. The number of nitrogens with one attached hydrogen (secondary N) is 2. The van der Waals surface area contributed by atoms with Gasteiger partial charge in [-0.1, -0.05) is 36.4 Å². The summed E-state index contributed by atoms with van der Waals surface area (Å²) >= 11 is 0. The average molecular weight is 415 g/mol. The topological polar surface area (TPSA) is 152 Å². The van der Waals surface area contributed by atoms with Crippen LogP contribution >= 0.6 is 0 Å². The highest BCUT2D eigenvalue weighted by molar-refractivity contribution is 5.95. The van der Waals surface area contributed by atoms with Crippen LogP contribution in [0.1, 0.15) is 23.6 Å². The molecule has 0 aliphatic rings. The van der Waals surface area contributed by atoms with Crippen molar-refractivity contribution in [3.05, 3.63) is 65.2 Å². The van der Waals surface area contributed by atoms with Crippen LogP contribution in [0, 0.1) is 5.41 Å². The van der Waals surface area contributed by atoms with Crippen LogP contribution in [0.5, 0.6) is 5.75 Å². The summed E-state index contributed by atoms with van der Waals surface area (Å²) < 4.78 is 9.76. The first kappa shape index (κ1) is 24.2. The van der Waals surface area contributed by atoms with E-state index in [2.05, 4.69) is 10.1 Å². The summed E-state index contributed by atoms with van der Waals surface area (Å²) in [5, 5.41) is 17.6. The molecule has 2 rings (SSSR count). The number of aliphatic carboxylic acids is 1. The van der Waals surface area contributed by atoms with Crippen LogP contribution in [0.25, 0.3) is 0 Å². The number of benzene rings is 2. The van der Waals surface area contributed by atoms with E-state index in [0.29, 0.717) is 17.9 Å². The standard InChI is InChI=1S/C19H21N3O4.C2H4O2/c1-25-18(24)12-26-16-8-4-14(5-9-16)11-22-17(23)10-13-2-6-15(7-3-13)19(20)21;1-2(3)4/h2-9H,10-12H2,1H3,(H3,20,21)(H,22,23);1H3,(H,3,4). The van der Waals surface area contributed by atoms with Gasteiger partial charge in [0.1, 0.15) is 11.6 Å². The fraction of sp³-hybridized carbons (Fsp3) is 0.238. The van der Waals surface area contributed by atoms with E-state index in [0.717, 1.165) is 18.1 Å². The molecule has 0 atom stereocenters. The normalized spacial score (nSPS) is 9.53. The first-order valence-corrected chi connectivity index (χ1v) is 8.89. The van der Waals surface area contributed by atoms with Crippen LogP contribution in [0.3, 0.4) is 0 Å². The third-order valence-electron chi connectivity index (χ3n) is 3.63. The Morgan fingerprint density at radius 3 is 2.07 bits per heavy atom. The molecule has 160 valence electrons. The van der Waals surface area contributed by atoms with E-state index >= 15 is 0 Å². The summed E-state index contributed by atoms with van der Waals surface area (Å²) in [6, 6.07) is 14.1. The summed E-state index contributed by atoms with van der Waals surface area (Å²) in [5.74, 6) is -0.833. The number of ether oxygens (including phenoxy) is 2. The Labute approximate surface area is 174 Å². The van der Waals surface area contributed by atoms with Crippen molar-refractivity contribution in [3.63, 3.8) is 0 Å². The molecular weight excluding hydrogens is 390 g/mol. The molecular formula is C21H25N3O6. The van der Waals surface area contributed by atoms with Gasteiger partial charge in [-0.2, -0.15) is 0 Å². The number of carbonyl (C=O) groups excluding carboxylic acids is 2. The number of hydrogen-bond acceptors (Lipinski definition) is 6. The molecule has 0 saturated heterocycles. The number of nitrogen functional groups attached to an aromatic ring is 1. The number of esters is 1. The number of rotatable bonds is 8. The van der Waals surface area contributed by atoms with Crippen LogP contribution in [-0.4, -0.2) is 42.5 Å². The lowest BCUT2D eigenvalue weighted by Gasteiger charge is -2.08. The highest BCUT2D eigenvalue weighted by Crippen LogP contribution is 2.12. The second-order valence-corrected chi connectivity index (χ2v) is 6.09. The number of hydrogen-bond donors (Lipinski definition) is 4. The van der Waals surface area contributed by atoms with Crippen molar-refractivity contribution in [3.8, 4) is 5.75 Å². The SMILES string of the molecule is CC(=O)O.COC(=O)COc1ccc(CNC(=O)Cc2ccc(C(=N)N)cc2)cc1. The van der Waals surface area contributed by atoms with Crippen LogP contribution in [0.15, 0.2) is 48.5 Å². The lowest BCUT2D eigenvalue weighted by Crippen LogP contribution is -2.24. The van der Waals surface area contributed by atoms with E-state index in [9.17, 15) is 9.59 Å². The molecule has 2 aromatic carbocycles. The third kappa shape index (κ3) is 9.88. The molecule has 1 amide bonds. The number of methoxy groups -OCH3 is 1. The van der Waals surface area contributed by atoms with Crippen LogP contribution < -0.4 is 15.8 Å². The van der Waals surface area contributed by atoms with Crippen LogP contribution in [-0.2, 0) is 32.1 Å². The van der Waals surface area contributed by atoms with Gasteiger partial charge in [0.15, 0.2) is 6.61 Å². The fourth-order valence-electron chi connectivity index (χ4n) is 2.16. The van der Waals surface area contributed by atoms with Crippen molar-refractivity contribution in [1.82, 2.24) is 5.32 Å². The second-order valence-electron chi connectivity index (χ2n) is 6.09. The van der Waals surface area contributed by atoms with Crippen molar-refractivity contribution in [2.24, 2.45) is 5.73 Å². The highest BCUT2D eigenvalue weighted by Gasteiger charge is 2.05. The lowest BCUT2D eigenvalue weighted by molar-refractivity contribution is -0.143. The largest absolute Gasteiger partial charge is 0.482 e. The van der Waals surface area contributed by atoms with Gasteiger partial charge in [0.2, 0.25) is 5.91 Å². The van der Waals surface area contributed by atoms with Crippen LogP contribution in [0.4, 0.5) is 0 Å². The zero-order valence-electron chi connectivity index (χ0n) is 16.8. The van der Waals surface area contributed by atoms with E-state index < -0.39 is 11.9 Å². The van der Waals surface area contributed by atoms with Crippen LogP contribution in [0.2, 0.25) is 0 Å². The Morgan fingerprint density at radius 1 is 1.03 bits per heavy atom. The van der Waals surface area contributed by atoms with Gasteiger partial charge in [-0.3, -0.25) is 15.0 Å². The maximum Gasteiger partial charge on any atom is 0.343 e. The van der Waals surface area contributed by atoms with E-state index in [1.807, 2.05) is 12.1 Å². The van der Waals surface area contributed by atoms with Crippen molar-refractivity contribution < 1.29 is 29.0 Å². The molecule has 0 heterocycles. The molecule has 2 aromatic rings. The number of amidine groups is 1. The molecule has 0 bridgehead atoms. The first-order chi connectivity index (χ1) is 14.2. The maximum absolute atomic E-state index is 12.0. The monoisotopic (exact) mass is 415 g/mol. The van der Waals surface area contributed by atoms with Gasteiger partial charge in [-0.15, -0.1) is 0 Å². The van der Waals surface area contributed by atoms with Crippen molar-refractivity contribution in [2.45, 2.75) is 19.9 Å². The molecule has 9 heteroatoms. The molecule has 0 aromatic heterocycles. The molecule has 0 aliphatic heterocycles. The van der Waals surface area contributed by atoms with Gasteiger partial charge in [0.25, 0.3) is 5.97 Å². The quantitative estimate of drug-likeness (QED) is 0.289. The smallest absolute Gasteiger partial charge is 0.343 e. The third-order valence-corrected chi connectivity index (χ3v) is 3.63. The number of carboxylic acid groups (broad SMARTS) is 1. The molecule has 0 fully saturated rings. The first-order valence-electron chi connectivity index (χ1n) is 8.89. The molecule has 0 radical (unpaired) electrons. The Bertz CT molecular complexity index is 859. The number of carboxylic acids is 1. The molecule has 0 aliphatic carbocycles. The summed E-state index contributed by atoms with van der Waals surface area (Å²) in [5.41, 5.74) is 7.79. The Hall–Kier alpha value is -3.88. The van der Waals surface area contributed by atoms with E-state index in [4.69, 9.17) is 25.8 Å². The Kier molecular flexibility index (Phi) is 10.1. The molecule has 9 nitrogen and oxygen atoms in total. The number of nitrogens with two attached hydrogens (primary N) is 1. The zero-order valence-corrected chi connectivity index (χ0v) is 16.8. The fourth-order valence-corrected chi connectivity index (χ4v) is 2.16. The minimum absolute atomic E-state index is 0.0000131. The summed E-state index contributed by atoms with van der Waals surface area (Å²) in [6.45, 7) is 1.33. The van der Waals surface area contributed by atoms with Gasteiger partial charge in [0.05, 0.1) is 13.5 Å². The van der Waals surface area contributed by atoms with Gasteiger partial charge >= 0.3 is 5.97 Å². The second kappa shape index (κ2) is 12.6.